The van der Waals surface area contributed by atoms with Gasteiger partial charge in [0.15, 0.2) is 0 Å². The Morgan fingerprint density at radius 1 is 0.571 bits per heavy atom. The second-order valence-electron chi connectivity index (χ2n) is 12.2. The van der Waals surface area contributed by atoms with Crippen molar-refractivity contribution < 1.29 is 9.47 Å². The minimum atomic E-state index is 0.111. The van der Waals surface area contributed by atoms with Gasteiger partial charge in [-0.2, -0.15) is 0 Å². The fraction of sp³-hybridized carbons (Fsp3) is 0.297. The molecule has 0 amide bonds. The van der Waals surface area contributed by atoms with Crippen LogP contribution in [0.5, 0.6) is 11.5 Å². The molecule has 5 aromatic rings. The highest BCUT2D eigenvalue weighted by atomic mass is 32.1. The summed E-state index contributed by atoms with van der Waals surface area (Å²) in [5.41, 5.74) is 13.3. The van der Waals surface area contributed by atoms with Gasteiger partial charge >= 0.3 is 0 Å². The molecule has 0 radical (unpaired) electrons. The minimum Gasteiger partial charge on any atom is -0.496 e. The maximum atomic E-state index is 6.03. The van der Waals surface area contributed by atoms with Crippen LogP contribution in [-0.2, 0) is 0 Å². The van der Waals surface area contributed by atoms with Crippen molar-refractivity contribution in [3.8, 4) is 43.5 Å². The van der Waals surface area contributed by atoms with Gasteiger partial charge in [0.25, 0.3) is 0 Å². The molecule has 214 valence electrons. The molecule has 6 rings (SSSR count). The van der Waals surface area contributed by atoms with E-state index < -0.39 is 0 Å². The fourth-order valence-electron chi connectivity index (χ4n) is 6.55. The Hall–Kier alpha value is -3.28. The van der Waals surface area contributed by atoms with E-state index in [1.165, 1.54) is 54.0 Å². The van der Waals surface area contributed by atoms with Crippen LogP contribution in [0.25, 0.3) is 32.0 Å². The van der Waals surface area contributed by atoms with Gasteiger partial charge in [-0.3, -0.25) is 0 Å². The molecular formula is C37H39BO2S2. The molecule has 5 heteroatoms. The summed E-state index contributed by atoms with van der Waals surface area (Å²) in [5, 5.41) is 4.29. The zero-order valence-corrected chi connectivity index (χ0v) is 27.5. The van der Waals surface area contributed by atoms with E-state index in [4.69, 9.17) is 9.47 Å². The lowest BCUT2D eigenvalue weighted by molar-refractivity contribution is 0.416. The molecule has 0 unspecified atom stereocenters. The third-order valence-corrected chi connectivity index (χ3v) is 10.5. The Morgan fingerprint density at radius 2 is 1.02 bits per heavy atom. The smallest absolute Gasteiger partial charge is 0.243 e. The second kappa shape index (κ2) is 11.4. The van der Waals surface area contributed by atoms with Gasteiger partial charge in [0.1, 0.15) is 11.5 Å². The third kappa shape index (κ3) is 4.81. The van der Waals surface area contributed by atoms with Crippen LogP contribution >= 0.6 is 22.7 Å². The molecule has 0 aliphatic carbocycles. The molecule has 42 heavy (non-hydrogen) atoms. The minimum absolute atomic E-state index is 0.111. The SMILES string of the molecule is COc1cc2c(cc1-c1cccs1)B(c1c(C(C)C)cc(C(C)C)cc1C(C)C)c1cc(-c3cccs3)c(OC)cc1-2. The van der Waals surface area contributed by atoms with Crippen LogP contribution in [0.3, 0.4) is 0 Å². The molecule has 0 bridgehead atoms. The summed E-state index contributed by atoms with van der Waals surface area (Å²) in [6, 6.07) is 23.0. The molecule has 2 nitrogen and oxygen atoms in total. The first-order valence-corrected chi connectivity index (χ1v) is 16.7. The monoisotopic (exact) mass is 590 g/mol. The van der Waals surface area contributed by atoms with Gasteiger partial charge in [0.05, 0.1) is 14.2 Å². The van der Waals surface area contributed by atoms with Gasteiger partial charge < -0.3 is 9.47 Å². The third-order valence-electron chi connectivity index (χ3n) is 8.69. The molecule has 0 N–H and O–H groups in total. The van der Waals surface area contributed by atoms with Crippen molar-refractivity contribution in [1.29, 1.82) is 0 Å². The summed E-state index contributed by atoms with van der Waals surface area (Å²) in [6.45, 7) is 14.1. The topological polar surface area (TPSA) is 18.5 Å². The summed E-state index contributed by atoms with van der Waals surface area (Å²) in [7, 11) is 3.57. The van der Waals surface area contributed by atoms with E-state index in [9.17, 15) is 0 Å². The largest absolute Gasteiger partial charge is 0.496 e. The summed E-state index contributed by atoms with van der Waals surface area (Å²) in [6.07, 6.45) is 0. The first-order valence-electron chi connectivity index (χ1n) is 14.9. The zero-order chi connectivity index (χ0) is 29.7. The molecule has 3 heterocycles. The first kappa shape index (κ1) is 28.8. The summed E-state index contributed by atoms with van der Waals surface area (Å²) in [5.74, 6) is 3.09. The molecule has 0 saturated heterocycles. The van der Waals surface area contributed by atoms with Crippen LogP contribution in [0.15, 0.2) is 71.4 Å². The predicted octanol–water partition coefficient (Wildman–Crippen LogP) is 9.03. The summed E-state index contributed by atoms with van der Waals surface area (Å²) in [4.78, 5) is 2.45. The summed E-state index contributed by atoms with van der Waals surface area (Å²) >= 11 is 3.52. The van der Waals surface area contributed by atoms with E-state index in [1.807, 2.05) is 0 Å². The second-order valence-corrected chi connectivity index (χ2v) is 14.1. The Labute approximate surface area is 259 Å². The van der Waals surface area contributed by atoms with Crippen molar-refractivity contribution in [1.82, 2.24) is 0 Å². The highest BCUT2D eigenvalue weighted by Gasteiger charge is 2.39. The van der Waals surface area contributed by atoms with E-state index in [0.717, 1.165) is 22.6 Å². The van der Waals surface area contributed by atoms with Gasteiger partial charge in [-0.05, 0) is 80.6 Å². The average molecular weight is 591 g/mol. The lowest BCUT2D eigenvalue weighted by Gasteiger charge is -2.27. The number of benzene rings is 3. The van der Waals surface area contributed by atoms with Gasteiger partial charge in [-0.25, -0.2) is 0 Å². The van der Waals surface area contributed by atoms with Gasteiger partial charge in [0.2, 0.25) is 6.71 Å². The maximum Gasteiger partial charge on any atom is 0.243 e. The highest BCUT2D eigenvalue weighted by molar-refractivity contribution is 7.14. The average Bonchev–Trinajstić information content (AvgIpc) is 3.75. The van der Waals surface area contributed by atoms with Crippen LogP contribution in [0, 0.1) is 0 Å². The van der Waals surface area contributed by atoms with E-state index in [-0.39, 0.29) is 6.71 Å². The van der Waals surface area contributed by atoms with Crippen molar-refractivity contribution in [2.45, 2.75) is 59.3 Å². The summed E-state index contributed by atoms with van der Waals surface area (Å²) < 4.78 is 12.1. The number of ether oxygens (including phenoxy) is 2. The van der Waals surface area contributed by atoms with Crippen molar-refractivity contribution in [3.63, 3.8) is 0 Å². The Kier molecular flexibility index (Phi) is 7.84. The van der Waals surface area contributed by atoms with E-state index in [2.05, 4.69) is 113 Å². The van der Waals surface area contributed by atoms with E-state index in [0.29, 0.717) is 17.8 Å². The van der Waals surface area contributed by atoms with Crippen LogP contribution < -0.4 is 25.9 Å². The van der Waals surface area contributed by atoms with Crippen LogP contribution in [-0.4, -0.2) is 20.9 Å². The highest BCUT2D eigenvalue weighted by Crippen LogP contribution is 2.42. The van der Waals surface area contributed by atoms with Gasteiger partial charge in [-0.1, -0.05) is 94.3 Å². The first-order chi connectivity index (χ1) is 20.2. The lowest BCUT2D eigenvalue weighted by Crippen LogP contribution is -2.52. The number of fused-ring (bicyclic) bond motifs is 3. The van der Waals surface area contributed by atoms with Gasteiger partial charge in [-0.15, -0.1) is 22.7 Å². The van der Waals surface area contributed by atoms with Crippen LogP contribution in [0.1, 0.15) is 76.0 Å². The Balaban J connectivity index is 1.73. The number of rotatable bonds is 8. The molecule has 0 atom stereocenters. The molecule has 0 spiro atoms. The quantitative estimate of drug-likeness (QED) is 0.165. The normalized spacial score (nSPS) is 12.4. The van der Waals surface area contributed by atoms with E-state index >= 15 is 0 Å². The standard InChI is InChI=1S/C37H39BO2S2/c1-21(2)24-15-25(22(3)4)37(26(16-24)23(5)6)38-31-17-29(35-11-9-13-41-35)33(39-7)19-27(31)28-20-34(40-8)30(18-32(28)38)36-12-10-14-42-36/h9-23H,1-8H3. The van der Waals surface area contributed by atoms with E-state index in [1.54, 1.807) is 36.9 Å². The van der Waals surface area contributed by atoms with Crippen molar-refractivity contribution >= 4 is 45.8 Å². The van der Waals surface area contributed by atoms with Crippen molar-refractivity contribution in [3.05, 3.63) is 88.1 Å². The maximum absolute atomic E-state index is 6.03. The fourth-order valence-corrected chi connectivity index (χ4v) is 8.04. The molecule has 1 aliphatic rings. The Morgan fingerprint density at radius 3 is 1.36 bits per heavy atom. The Bertz CT molecular complexity index is 1610. The number of methoxy groups -OCH3 is 2. The number of hydrogen-bond acceptors (Lipinski definition) is 4. The van der Waals surface area contributed by atoms with Crippen molar-refractivity contribution in [2.24, 2.45) is 0 Å². The van der Waals surface area contributed by atoms with Gasteiger partial charge in [0, 0.05) is 20.9 Å². The molecule has 0 fully saturated rings. The van der Waals surface area contributed by atoms with Crippen LogP contribution in [0.2, 0.25) is 0 Å². The lowest BCUT2D eigenvalue weighted by atomic mass is 9.36. The predicted molar refractivity (Wildman–Crippen MR) is 185 cm³/mol. The molecule has 3 aromatic carbocycles. The molecule has 0 saturated carbocycles. The molecular weight excluding hydrogens is 551 g/mol. The number of thiophene rings is 2. The molecule has 2 aromatic heterocycles. The zero-order valence-electron chi connectivity index (χ0n) is 25.9. The van der Waals surface area contributed by atoms with Crippen molar-refractivity contribution in [2.75, 3.05) is 14.2 Å². The molecule has 1 aliphatic heterocycles. The van der Waals surface area contributed by atoms with Crippen LogP contribution in [0.4, 0.5) is 0 Å². The number of hydrogen-bond donors (Lipinski definition) is 0.